The Labute approximate surface area is 150 Å². The minimum atomic E-state index is -0.444. The molecule has 5 heteroatoms. The molecule has 0 aliphatic carbocycles. The van der Waals surface area contributed by atoms with Gasteiger partial charge in [0.05, 0.1) is 6.10 Å². The third-order valence-electron chi connectivity index (χ3n) is 4.23. The Hall–Kier alpha value is -1.07. The molecule has 2 aromatic rings. The van der Waals surface area contributed by atoms with Gasteiger partial charge in [-0.15, -0.1) is 0 Å². The number of benzene rings is 2. The van der Waals surface area contributed by atoms with Crippen LogP contribution in [-0.2, 0) is 0 Å². The van der Waals surface area contributed by atoms with Gasteiger partial charge in [-0.2, -0.15) is 0 Å². The molecule has 0 bridgehead atoms. The summed E-state index contributed by atoms with van der Waals surface area (Å²) in [6, 6.07) is 15.9. The monoisotopic (exact) mass is 394 g/mol. The molecule has 1 N–H and O–H groups in total. The number of aliphatic hydroxyl groups excluding tert-OH is 1. The van der Waals surface area contributed by atoms with Gasteiger partial charge in [0.1, 0.15) is 0 Å². The fourth-order valence-corrected chi connectivity index (χ4v) is 3.35. The summed E-state index contributed by atoms with van der Waals surface area (Å²) >= 11 is 9.49. The zero-order valence-corrected chi connectivity index (χ0v) is 15.2. The number of anilines is 1. The first-order chi connectivity index (χ1) is 11.1. The van der Waals surface area contributed by atoms with E-state index >= 15 is 0 Å². The molecule has 1 fully saturated rings. The topological polar surface area (TPSA) is 26.7 Å². The zero-order chi connectivity index (χ0) is 16.2. The number of piperazine rings is 1. The van der Waals surface area contributed by atoms with Crippen LogP contribution in [0, 0.1) is 0 Å². The second kappa shape index (κ2) is 7.67. The first-order valence-electron chi connectivity index (χ1n) is 7.78. The van der Waals surface area contributed by atoms with E-state index in [0.717, 1.165) is 41.2 Å². The second-order valence-electron chi connectivity index (χ2n) is 5.83. The van der Waals surface area contributed by atoms with Crippen molar-refractivity contribution in [2.45, 2.75) is 6.10 Å². The van der Waals surface area contributed by atoms with Crippen molar-refractivity contribution in [3.8, 4) is 0 Å². The minimum Gasteiger partial charge on any atom is -0.387 e. The molecule has 0 saturated carbocycles. The van der Waals surface area contributed by atoms with Gasteiger partial charge >= 0.3 is 0 Å². The molecule has 2 aromatic carbocycles. The fraction of sp³-hybridized carbons (Fsp3) is 0.333. The van der Waals surface area contributed by atoms with Gasteiger partial charge in [0, 0.05) is 47.9 Å². The van der Waals surface area contributed by atoms with E-state index in [0.29, 0.717) is 6.54 Å². The van der Waals surface area contributed by atoms with Gasteiger partial charge in [-0.25, -0.2) is 0 Å². The van der Waals surface area contributed by atoms with Crippen LogP contribution in [0.3, 0.4) is 0 Å². The van der Waals surface area contributed by atoms with E-state index in [1.54, 1.807) is 0 Å². The van der Waals surface area contributed by atoms with E-state index in [2.05, 4.69) is 31.8 Å². The third kappa shape index (κ3) is 4.48. The summed E-state index contributed by atoms with van der Waals surface area (Å²) in [6.45, 7) is 4.46. The maximum atomic E-state index is 10.4. The van der Waals surface area contributed by atoms with Crippen LogP contribution in [-0.4, -0.2) is 42.7 Å². The first kappa shape index (κ1) is 16.8. The van der Waals surface area contributed by atoms with Gasteiger partial charge in [0.25, 0.3) is 0 Å². The Morgan fingerprint density at radius 1 is 1.04 bits per heavy atom. The van der Waals surface area contributed by atoms with Gasteiger partial charge < -0.3 is 10.0 Å². The maximum absolute atomic E-state index is 10.4. The molecular formula is C18H20BrClN2O. The number of hydrogen-bond acceptors (Lipinski definition) is 3. The van der Waals surface area contributed by atoms with Crippen LogP contribution < -0.4 is 4.90 Å². The van der Waals surface area contributed by atoms with Crippen molar-refractivity contribution < 1.29 is 5.11 Å². The van der Waals surface area contributed by atoms with E-state index in [9.17, 15) is 5.11 Å². The zero-order valence-electron chi connectivity index (χ0n) is 12.8. The van der Waals surface area contributed by atoms with E-state index < -0.39 is 6.10 Å². The van der Waals surface area contributed by atoms with E-state index in [1.165, 1.54) is 5.69 Å². The van der Waals surface area contributed by atoms with Gasteiger partial charge in [-0.1, -0.05) is 45.7 Å². The molecule has 0 unspecified atom stereocenters. The molecular weight excluding hydrogens is 376 g/mol. The fourth-order valence-electron chi connectivity index (χ4n) is 2.90. The Morgan fingerprint density at radius 3 is 2.39 bits per heavy atom. The maximum Gasteiger partial charge on any atom is 0.0916 e. The summed E-state index contributed by atoms with van der Waals surface area (Å²) in [5.41, 5.74) is 2.14. The average Bonchev–Trinajstić information content (AvgIpc) is 2.56. The number of aliphatic hydroxyl groups is 1. The Balaban J connectivity index is 1.54. The smallest absolute Gasteiger partial charge is 0.0916 e. The normalized spacial score (nSPS) is 17.3. The number of nitrogens with zero attached hydrogens (tertiary/aromatic N) is 2. The predicted molar refractivity (Wildman–Crippen MR) is 99.2 cm³/mol. The van der Waals surface area contributed by atoms with Crippen molar-refractivity contribution in [1.82, 2.24) is 4.90 Å². The lowest BCUT2D eigenvalue weighted by molar-refractivity contribution is 0.109. The van der Waals surface area contributed by atoms with Crippen molar-refractivity contribution in [2.24, 2.45) is 0 Å². The number of β-amino-alcohol motifs (C(OH)–C–C–N with tert-alkyl or cyclic N) is 1. The van der Waals surface area contributed by atoms with Crippen molar-refractivity contribution in [2.75, 3.05) is 37.6 Å². The van der Waals surface area contributed by atoms with Crippen molar-refractivity contribution in [3.05, 3.63) is 63.6 Å². The Kier molecular flexibility index (Phi) is 5.59. The molecule has 122 valence electrons. The van der Waals surface area contributed by atoms with Crippen LogP contribution in [0.2, 0.25) is 5.02 Å². The van der Waals surface area contributed by atoms with Crippen LogP contribution in [0.5, 0.6) is 0 Å². The summed E-state index contributed by atoms with van der Waals surface area (Å²) in [6.07, 6.45) is -0.444. The van der Waals surface area contributed by atoms with Crippen LogP contribution in [0.15, 0.2) is 53.0 Å². The molecule has 0 radical (unpaired) electrons. The Morgan fingerprint density at radius 2 is 1.74 bits per heavy atom. The molecule has 0 aromatic heterocycles. The average molecular weight is 396 g/mol. The Bertz CT molecular complexity index is 642. The summed E-state index contributed by atoms with van der Waals surface area (Å²) < 4.78 is 1.03. The standard InChI is InChI=1S/C18H20BrClN2O/c19-15-6-4-14(5-7-15)18(23)13-21-8-10-22(11-9-21)17-3-1-2-16(20)12-17/h1-7,12,18,23H,8-11,13H2/t18-/m0/s1. The molecule has 1 atom stereocenters. The molecule has 0 amide bonds. The van der Waals surface area contributed by atoms with Crippen molar-refractivity contribution in [3.63, 3.8) is 0 Å². The van der Waals surface area contributed by atoms with Gasteiger partial charge in [0.15, 0.2) is 0 Å². The van der Waals surface area contributed by atoms with Gasteiger partial charge in [-0.05, 0) is 35.9 Å². The molecule has 23 heavy (non-hydrogen) atoms. The molecule has 1 aliphatic rings. The minimum absolute atomic E-state index is 0.444. The first-order valence-corrected chi connectivity index (χ1v) is 8.95. The lowest BCUT2D eigenvalue weighted by atomic mass is 10.1. The van der Waals surface area contributed by atoms with Gasteiger partial charge in [-0.3, -0.25) is 4.90 Å². The summed E-state index contributed by atoms with van der Waals surface area (Å²) in [4.78, 5) is 4.65. The predicted octanol–water partition coefficient (Wildman–Crippen LogP) is 3.96. The summed E-state index contributed by atoms with van der Waals surface area (Å²) in [7, 11) is 0. The molecule has 1 heterocycles. The highest BCUT2D eigenvalue weighted by molar-refractivity contribution is 9.10. The highest BCUT2D eigenvalue weighted by Gasteiger charge is 2.20. The summed E-state index contributed by atoms with van der Waals surface area (Å²) in [5, 5.41) is 11.2. The van der Waals surface area contributed by atoms with Crippen LogP contribution in [0.25, 0.3) is 0 Å². The van der Waals surface area contributed by atoms with Crippen molar-refractivity contribution in [1.29, 1.82) is 0 Å². The molecule has 1 aliphatic heterocycles. The second-order valence-corrected chi connectivity index (χ2v) is 7.19. The molecule has 3 nitrogen and oxygen atoms in total. The van der Waals surface area contributed by atoms with E-state index in [1.807, 2.05) is 42.5 Å². The SMILES string of the molecule is O[C@@H](CN1CCN(c2cccc(Cl)c2)CC1)c1ccc(Br)cc1. The van der Waals surface area contributed by atoms with Crippen LogP contribution >= 0.6 is 27.5 Å². The van der Waals surface area contributed by atoms with Crippen LogP contribution in [0.1, 0.15) is 11.7 Å². The lowest BCUT2D eigenvalue weighted by Gasteiger charge is -2.37. The number of rotatable bonds is 4. The number of hydrogen-bond donors (Lipinski definition) is 1. The largest absolute Gasteiger partial charge is 0.387 e. The summed E-state index contributed by atoms with van der Waals surface area (Å²) in [5.74, 6) is 0. The van der Waals surface area contributed by atoms with E-state index in [-0.39, 0.29) is 0 Å². The molecule has 1 saturated heterocycles. The molecule has 3 rings (SSSR count). The lowest BCUT2D eigenvalue weighted by Crippen LogP contribution is -2.47. The van der Waals surface area contributed by atoms with Crippen molar-refractivity contribution >= 4 is 33.2 Å². The highest BCUT2D eigenvalue weighted by atomic mass is 79.9. The molecule has 0 spiro atoms. The highest BCUT2D eigenvalue weighted by Crippen LogP contribution is 2.22. The van der Waals surface area contributed by atoms with Gasteiger partial charge in [0.2, 0.25) is 0 Å². The van der Waals surface area contributed by atoms with E-state index in [4.69, 9.17) is 11.6 Å². The number of halogens is 2. The third-order valence-corrected chi connectivity index (χ3v) is 5.00. The quantitative estimate of drug-likeness (QED) is 0.849. The van der Waals surface area contributed by atoms with Crippen LogP contribution in [0.4, 0.5) is 5.69 Å².